The predicted octanol–water partition coefficient (Wildman–Crippen LogP) is 4.41. The number of methoxy groups -OCH3 is 1. The van der Waals surface area contributed by atoms with Crippen molar-refractivity contribution in [3.05, 3.63) is 95.1 Å². The quantitative estimate of drug-likeness (QED) is 0.619. The van der Waals surface area contributed by atoms with Gasteiger partial charge in [0, 0.05) is 5.56 Å². The van der Waals surface area contributed by atoms with Crippen LogP contribution in [0.15, 0.2) is 72.8 Å². The van der Waals surface area contributed by atoms with Gasteiger partial charge in [-0.25, -0.2) is 4.79 Å². The number of nitriles is 1. The van der Waals surface area contributed by atoms with Crippen LogP contribution in [0.5, 0.6) is 5.75 Å². The van der Waals surface area contributed by atoms with E-state index in [4.69, 9.17) is 14.7 Å². The Morgan fingerprint density at radius 2 is 1.70 bits per heavy atom. The summed E-state index contributed by atoms with van der Waals surface area (Å²) in [6, 6.07) is 22.2. The van der Waals surface area contributed by atoms with E-state index in [0.29, 0.717) is 22.6 Å². The topological polar surface area (TPSA) is 88.4 Å². The zero-order chi connectivity index (χ0) is 21.5. The highest BCUT2D eigenvalue weighted by Crippen LogP contribution is 2.28. The van der Waals surface area contributed by atoms with Crippen molar-refractivity contribution in [2.45, 2.75) is 13.0 Å². The smallest absolute Gasteiger partial charge is 0.339 e. The number of hydrogen-bond acceptors (Lipinski definition) is 5. The van der Waals surface area contributed by atoms with Gasteiger partial charge in [0.25, 0.3) is 5.91 Å². The van der Waals surface area contributed by atoms with Gasteiger partial charge < -0.3 is 14.8 Å². The lowest BCUT2D eigenvalue weighted by Gasteiger charge is -2.19. The third kappa shape index (κ3) is 4.83. The van der Waals surface area contributed by atoms with Crippen LogP contribution in [0.4, 0.5) is 5.69 Å². The maximum absolute atomic E-state index is 13.1. The number of benzene rings is 3. The summed E-state index contributed by atoms with van der Waals surface area (Å²) in [5.41, 5.74) is 2.63. The number of rotatable bonds is 6. The van der Waals surface area contributed by atoms with Crippen molar-refractivity contribution >= 4 is 17.6 Å². The van der Waals surface area contributed by atoms with Crippen molar-refractivity contribution in [3.63, 3.8) is 0 Å². The number of amides is 1. The Kier molecular flexibility index (Phi) is 6.46. The van der Waals surface area contributed by atoms with E-state index in [1.807, 2.05) is 25.1 Å². The molecule has 30 heavy (non-hydrogen) atoms. The number of aryl methyl sites for hydroxylation is 1. The lowest BCUT2D eigenvalue weighted by Crippen LogP contribution is -2.26. The van der Waals surface area contributed by atoms with E-state index in [9.17, 15) is 9.59 Å². The van der Waals surface area contributed by atoms with Crippen LogP contribution in [0.1, 0.15) is 33.2 Å². The largest absolute Gasteiger partial charge is 0.495 e. The Morgan fingerprint density at radius 3 is 2.33 bits per heavy atom. The van der Waals surface area contributed by atoms with Gasteiger partial charge in [0.1, 0.15) is 5.75 Å². The average molecular weight is 400 g/mol. The highest BCUT2D eigenvalue weighted by molar-refractivity contribution is 5.99. The number of nitrogens with one attached hydrogen (secondary N) is 1. The number of carbonyl (C=O) groups is 2. The molecule has 0 bridgehead atoms. The van der Waals surface area contributed by atoms with Crippen LogP contribution in [0.2, 0.25) is 0 Å². The van der Waals surface area contributed by atoms with E-state index in [1.54, 1.807) is 36.4 Å². The molecule has 0 unspecified atom stereocenters. The number of esters is 1. The first-order chi connectivity index (χ1) is 14.5. The number of hydrogen-bond donors (Lipinski definition) is 1. The van der Waals surface area contributed by atoms with Gasteiger partial charge in [-0.2, -0.15) is 5.26 Å². The zero-order valence-corrected chi connectivity index (χ0v) is 16.6. The van der Waals surface area contributed by atoms with Crippen LogP contribution < -0.4 is 10.1 Å². The number of carbonyl (C=O) groups excluding carboxylic acids is 2. The molecule has 6 nitrogen and oxygen atoms in total. The lowest BCUT2D eigenvalue weighted by atomic mass is 10.1. The van der Waals surface area contributed by atoms with Crippen molar-refractivity contribution in [1.82, 2.24) is 0 Å². The van der Waals surface area contributed by atoms with E-state index in [1.165, 1.54) is 31.4 Å². The van der Waals surface area contributed by atoms with E-state index in [2.05, 4.69) is 5.32 Å². The van der Waals surface area contributed by atoms with Gasteiger partial charge in [0.05, 0.1) is 30.0 Å². The van der Waals surface area contributed by atoms with Crippen molar-refractivity contribution in [3.8, 4) is 11.8 Å². The molecule has 3 rings (SSSR count). The fourth-order valence-electron chi connectivity index (χ4n) is 2.87. The monoisotopic (exact) mass is 400 g/mol. The molecule has 0 saturated heterocycles. The molecule has 6 heteroatoms. The summed E-state index contributed by atoms with van der Waals surface area (Å²) in [4.78, 5) is 25.7. The normalized spacial score (nSPS) is 11.1. The van der Waals surface area contributed by atoms with Crippen molar-refractivity contribution in [1.29, 1.82) is 5.26 Å². The van der Waals surface area contributed by atoms with Crippen molar-refractivity contribution in [2.75, 3.05) is 12.4 Å². The average Bonchev–Trinajstić information content (AvgIpc) is 2.78. The first kappa shape index (κ1) is 20.6. The first-order valence-electron chi connectivity index (χ1n) is 9.23. The predicted molar refractivity (Wildman–Crippen MR) is 112 cm³/mol. The second-order valence-electron chi connectivity index (χ2n) is 6.58. The second-order valence-corrected chi connectivity index (χ2v) is 6.58. The zero-order valence-electron chi connectivity index (χ0n) is 16.6. The van der Waals surface area contributed by atoms with Crippen LogP contribution >= 0.6 is 0 Å². The van der Waals surface area contributed by atoms with Gasteiger partial charge in [0.2, 0.25) is 6.10 Å². The maximum Gasteiger partial charge on any atom is 0.339 e. The lowest BCUT2D eigenvalue weighted by molar-refractivity contribution is -0.125. The first-order valence-corrected chi connectivity index (χ1v) is 9.23. The Balaban J connectivity index is 1.87. The minimum Gasteiger partial charge on any atom is -0.495 e. The van der Waals surface area contributed by atoms with Crippen LogP contribution in [-0.2, 0) is 9.53 Å². The van der Waals surface area contributed by atoms with Gasteiger partial charge in [-0.15, -0.1) is 0 Å². The second kappa shape index (κ2) is 9.39. The van der Waals surface area contributed by atoms with Crippen LogP contribution in [-0.4, -0.2) is 19.0 Å². The molecule has 0 aliphatic rings. The molecule has 1 N–H and O–H groups in total. The Morgan fingerprint density at radius 1 is 1.00 bits per heavy atom. The van der Waals surface area contributed by atoms with E-state index in [-0.39, 0.29) is 5.56 Å². The van der Waals surface area contributed by atoms with Gasteiger partial charge in [-0.3, -0.25) is 4.79 Å². The molecule has 0 aliphatic heterocycles. The van der Waals surface area contributed by atoms with Crippen LogP contribution in [0, 0.1) is 18.3 Å². The minimum atomic E-state index is -1.17. The molecule has 0 heterocycles. The molecule has 0 aliphatic carbocycles. The number of anilines is 1. The summed E-state index contributed by atoms with van der Waals surface area (Å²) in [6.07, 6.45) is -1.17. The van der Waals surface area contributed by atoms with Crippen molar-refractivity contribution < 1.29 is 19.1 Å². The van der Waals surface area contributed by atoms with Gasteiger partial charge in [0.15, 0.2) is 0 Å². The molecule has 3 aromatic rings. The van der Waals surface area contributed by atoms with E-state index < -0.39 is 18.0 Å². The molecule has 1 amide bonds. The third-order valence-electron chi connectivity index (χ3n) is 4.43. The summed E-state index contributed by atoms with van der Waals surface area (Å²) in [7, 11) is 1.51. The van der Waals surface area contributed by atoms with Gasteiger partial charge >= 0.3 is 5.97 Å². The van der Waals surface area contributed by atoms with E-state index >= 15 is 0 Å². The van der Waals surface area contributed by atoms with E-state index in [0.717, 1.165) is 5.56 Å². The van der Waals surface area contributed by atoms with Crippen molar-refractivity contribution in [2.24, 2.45) is 0 Å². The van der Waals surface area contributed by atoms with Crippen LogP contribution in [0.3, 0.4) is 0 Å². The SMILES string of the molecule is COc1ccc(C)cc1NC(=O)[C@@H](OC(=O)c1ccc(C#N)cc1)c1ccccc1. The fraction of sp³-hybridized carbons (Fsp3) is 0.125. The summed E-state index contributed by atoms with van der Waals surface area (Å²) >= 11 is 0. The van der Waals surface area contributed by atoms with Gasteiger partial charge in [-0.1, -0.05) is 36.4 Å². The summed E-state index contributed by atoms with van der Waals surface area (Å²) < 4.78 is 10.9. The number of nitrogens with zero attached hydrogens (tertiary/aromatic N) is 1. The molecular formula is C24H20N2O4. The van der Waals surface area contributed by atoms with Crippen LogP contribution in [0.25, 0.3) is 0 Å². The minimum absolute atomic E-state index is 0.246. The molecule has 0 aromatic heterocycles. The third-order valence-corrected chi connectivity index (χ3v) is 4.43. The molecule has 0 fully saturated rings. The summed E-state index contributed by atoms with van der Waals surface area (Å²) in [5, 5.41) is 11.7. The molecule has 0 saturated carbocycles. The Labute approximate surface area is 174 Å². The highest BCUT2D eigenvalue weighted by Gasteiger charge is 2.26. The Bertz CT molecular complexity index is 1090. The molecule has 1 atom stereocenters. The maximum atomic E-state index is 13.1. The molecule has 0 spiro atoms. The molecular weight excluding hydrogens is 380 g/mol. The number of ether oxygens (including phenoxy) is 2. The fourth-order valence-corrected chi connectivity index (χ4v) is 2.87. The molecule has 150 valence electrons. The summed E-state index contributed by atoms with van der Waals surface area (Å²) in [5.74, 6) is -0.675. The van der Waals surface area contributed by atoms with Gasteiger partial charge in [-0.05, 0) is 48.9 Å². The highest BCUT2D eigenvalue weighted by atomic mass is 16.5. The standard InChI is InChI=1S/C24H20N2O4/c1-16-8-13-21(29-2)20(14-16)26-23(27)22(18-6-4-3-5-7-18)30-24(28)19-11-9-17(15-25)10-12-19/h3-14,22H,1-2H3,(H,26,27)/t22-/m0/s1. The molecule has 3 aromatic carbocycles. The molecule has 0 radical (unpaired) electrons. The summed E-state index contributed by atoms with van der Waals surface area (Å²) in [6.45, 7) is 1.90. The Hall–Kier alpha value is -4.11.